The van der Waals surface area contributed by atoms with Gasteiger partial charge in [0.25, 0.3) is 0 Å². The van der Waals surface area contributed by atoms with Gasteiger partial charge in [0.1, 0.15) is 0 Å². The molecule has 0 unspecified atom stereocenters. The van der Waals surface area contributed by atoms with Gasteiger partial charge in [-0.15, -0.1) is 0 Å². The molecule has 1 aliphatic heterocycles. The quantitative estimate of drug-likeness (QED) is 0.748. The Balaban J connectivity index is 1.56. The van der Waals surface area contributed by atoms with Crippen LogP contribution in [0.2, 0.25) is 0 Å². The molecule has 4 amide bonds. The normalized spacial score (nSPS) is 20.8. The van der Waals surface area contributed by atoms with Gasteiger partial charge in [0.15, 0.2) is 0 Å². The fourth-order valence-electron chi connectivity index (χ4n) is 3.84. The minimum atomic E-state index is -0.544. The molecule has 26 heavy (non-hydrogen) atoms. The zero-order chi connectivity index (χ0) is 18.5. The molecule has 0 bridgehead atoms. The average molecular weight is 358 g/mol. The Morgan fingerprint density at radius 2 is 1.77 bits per heavy atom. The van der Waals surface area contributed by atoms with Crippen molar-refractivity contribution in [2.75, 3.05) is 6.54 Å². The van der Waals surface area contributed by atoms with Crippen LogP contribution in [0.3, 0.4) is 0 Å². The summed E-state index contributed by atoms with van der Waals surface area (Å²) in [6.07, 6.45) is 5.79. The number of benzene rings is 1. The lowest BCUT2D eigenvalue weighted by Crippen LogP contribution is -2.53. The fourth-order valence-corrected chi connectivity index (χ4v) is 3.84. The first-order valence-corrected chi connectivity index (χ1v) is 9.23. The van der Waals surface area contributed by atoms with E-state index in [9.17, 15) is 14.4 Å². The van der Waals surface area contributed by atoms with Gasteiger partial charge in [0, 0.05) is 12.6 Å². The van der Waals surface area contributed by atoms with Crippen molar-refractivity contribution in [1.82, 2.24) is 15.5 Å². The van der Waals surface area contributed by atoms with E-state index >= 15 is 0 Å². The minimum Gasteiger partial charge on any atom is -0.368 e. The monoisotopic (exact) mass is 358 g/mol. The molecule has 4 N–H and O–H groups in total. The number of hydrogen-bond acceptors (Lipinski definition) is 4. The summed E-state index contributed by atoms with van der Waals surface area (Å²) in [6, 6.07) is 6.94. The Kier molecular flexibility index (Phi) is 5.88. The van der Waals surface area contributed by atoms with Crippen LogP contribution in [0.15, 0.2) is 24.3 Å². The predicted molar refractivity (Wildman–Crippen MR) is 97.1 cm³/mol. The number of amides is 4. The highest BCUT2D eigenvalue weighted by molar-refractivity contribution is 5.95. The number of fused-ring (bicyclic) bond motifs is 1. The second-order valence-corrected chi connectivity index (χ2v) is 7.15. The molecular weight excluding hydrogens is 332 g/mol. The molecule has 7 heteroatoms. The van der Waals surface area contributed by atoms with Crippen molar-refractivity contribution < 1.29 is 14.4 Å². The smallest absolute Gasteiger partial charge is 0.321 e. The van der Waals surface area contributed by atoms with Crippen LogP contribution >= 0.6 is 0 Å². The second-order valence-electron chi connectivity index (χ2n) is 7.15. The summed E-state index contributed by atoms with van der Waals surface area (Å²) >= 11 is 0. The molecule has 0 aromatic heterocycles. The zero-order valence-corrected chi connectivity index (χ0v) is 14.9. The highest BCUT2D eigenvalue weighted by atomic mass is 16.2. The number of nitrogens with zero attached hydrogens (tertiary/aromatic N) is 1. The molecule has 0 radical (unpaired) electrons. The number of urea groups is 1. The highest BCUT2D eigenvalue weighted by Gasteiger charge is 2.31. The summed E-state index contributed by atoms with van der Waals surface area (Å²) in [4.78, 5) is 37.8. The number of imide groups is 1. The number of nitrogens with one attached hydrogen (secondary N) is 2. The molecule has 3 rings (SSSR count). The largest absolute Gasteiger partial charge is 0.368 e. The molecule has 1 aromatic rings. The molecule has 2 aliphatic rings. The number of carbonyl (C=O) groups excluding carboxylic acids is 3. The van der Waals surface area contributed by atoms with Crippen molar-refractivity contribution in [3.63, 3.8) is 0 Å². The van der Waals surface area contributed by atoms with E-state index in [0.29, 0.717) is 13.0 Å². The number of carbonyl (C=O) groups is 3. The number of hydrogen-bond donors (Lipinski definition) is 3. The van der Waals surface area contributed by atoms with E-state index < -0.39 is 23.9 Å². The predicted octanol–water partition coefficient (Wildman–Crippen LogP) is 1.06. The number of nitrogens with two attached hydrogens (primary N) is 1. The van der Waals surface area contributed by atoms with E-state index in [4.69, 9.17) is 5.73 Å². The third-order valence-electron chi connectivity index (χ3n) is 5.21. The van der Waals surface area contributed by atoms with Crippen molar-refractivity contribution >= 4 is 17.8 Å². The molecule has 1 heterocycles. The lowest BCUT2D eigenvalue weighted by atomic mass is 9.93. The first-order valence-electron chi connectivity index (χ1n) is 9.23. The van der Waals surface area contributed by atoms with E-state index in [1.54, 1.807) is 4.90 Å². The van der Waals surface area contributed by atoms with Crippen molar-refractivity contribution in [1.29, 1.82) is 0 Å². The molecule has 1 aliphatic carbocycles. The van der Waals surface area contributed by atoms with Gasteiger partial charge in [-0.2, -0.15) is 0 Å². The van der Waals surface area contributed by atoms with Crippen molar-refractivity contribution in [2.45, 2.75) is 57.2 Å². The van der Waals surface area contributed by atoms with Gasteiger partial charge in [0.2, 0.25) is 11.8 Å². The Morgan fingerprint density at radius 3 is 2.46 bits per heavy atom. The SMILES string of the molecule is NC(=O)[C@@H]1Cc2ccccc2CN1CC(=O)NC(=O)NC1CCCCC1. The molecule has 0 spiro atoms. The summed E-state index contributed by atoms with van der Waals surface area (Å²) in [5.41, 5.74) is 7.67. The van der Waals surface area contributed by atoms with E-state index in [2.05, 4.69) is 10.6 Å². The molecule has 1 aromatic carbocycles. The maximum Gasteiger partial charge on any atom is 0.321 e. The summed E-state index contributed by atoms with van der Waals surface area (Å²) in [6.45, 7) is 0.418. The van der Waals surface area contributed by atoms with Crippen LogP contribution < -0.4 is 16.4 Å². The highest BCUT2D eigenvalue weighted by Crippen LogP contribution is 2.23. The fraction of sp³-hybridized carbons (Fsp3) is 0.526. The zero-order valence-electron chi connectivity index (χ0n) is 14.9. The van der Waals surface area contributed by atoms with Crippen LogP contribution in [0.4, 0.5) is 4.79 Å². The van der Waals surface area contributed by atoms with Crippen LogP contribution in [0.1, 0.15) is 43.2 Å². The van der Waals surface area contributed by atoms with Gasteiger partial charge in [-0.05, 0) is 30.4 Å². The lowest BCUT2D eigenvalue weighted by molar-refractivity contribution is -0.127. The van der Waals surface area contributed by atoms with Gasteiger partial charge in [0.05, 0.1) is 12.6 Å². The van der Waals surface area contributed by atoms with E-state index in [0.717, 1.165) is 36.8 Å². The maximum atomic E-state index is 12.3. The molecular formula is C19H26N4O3. The second kappa shape index (κ2) is 8.31. The van der Waals surface area contributed by atoms with Gasteiger partial charge in [-0.3, -0.25) is 19.8 Å². The topological polar surface area (TPSA) is 105 Å². The number of rotatable bonds is 4. The summed E-state index contributed by atoms with van der Waals surface area (Å²) < 4.78 is 0. The summed E-state index contributed by atoms with van der Waals surface area (Å²) in [5.74, 6) is -0.886. The third kappa shape index (κ3) is 4.60. The van der Waals surface area contributed by atoms with E-state index in [1.807, 2.05) is 24.3 Å². The molecule has 1 fully saturated rings. The van der Waals surface area contributed by atoms with Crippen LogP contribution in [0, 0.1) is 0 Å². The molecule has 1 atom stereocenters. The Morgan fingerprint density at radius 1 is 1.08 bits per heavy atom. The lowest BCUT2D eigenvalue weighted by Gasteiger charge is -2.34. The van der Waals surface area contributed by atoms with Crippen LogP contribution in [0.5, 0.6) is 0 Å². The minimum absolute atomic E-state index is 0.0416. The van der Waals surface area contributed by atoms with E-state index in [-0.39, 0.29) is 12.6 Å². The number of primary amides is 1. The first-order chi connectivity index (χ1) is 12.5. The van der Waals surface area contributed by atoms with E-state index in [1.165, 1.54) is 6.42 Å². The Hall–Kier alpha value is -2.41. The van der Waals surface area contributed by atoms with Gasteiger partial charge in [-0.25, -0.2) is 4.79 Å². The Bertz CT molecular complexity index is 685. The molecule has 1 saturated carbocycles. The van der Waals surface area contributed by atoms with Gasteiger partial charge in [-0.1, -0.05) is 43.5 Å². The van der Waals surface area contributed by atoms with Gasteiger partial charge < -0.3 is 11.1 Å². The van der Waals surface area contributed by atoms with Crippen LogP contribution in [-0.4, -0.2) is 41.4 Å². The summed E-state index contributed by atoms with van der Waals surface area (Å²) in [5, 5.41) is 5.23. The standard InChI is InChI=1S/C19H26N4O3/c20-18(25)16-10-13-6-4-5-7-14(13)11-23(16)12-17(24)22-19(26)21-15-8-2-1-3-9-15/h4-7,15-16H,1-3,8-12H2,(H2,20,25)(H2,21,22,24,26)/t16-/m0/s1. The average Bonchev–Trinajstić information content (AvgIpc) is 2.61. The third-order valence-corrected chi connectivity index (χ3v) is 5.21. The van der Waals surface area contributed by atoms with Crippen molar-refractivity contribution in [3.8, 4) is 0 Å². The van der Waals surface area contributed by atoms with Crippen LogP contribution in [-0.2, 0) is 22.6 Å². The molecule has 7 nitrogen and oxygen atoms in total. The van der Waals surface area contributed by atoms with Crippen LogP contribution in [0.25, 0.3) is 0 Å². The van der Waals surface area contributed by atoms with Crippen molar-refractivity contribution in [2.24, 2.45) is 5.73 Å². The Labute approximate surface area is 153 Å². The molecule has 0 saturated heterocycles. The van der Waals surface area contributed by atoms with Crippen molar-refractivity contribution in [3.05, 3.63) is 35.4 Å². The first kappa shape index (κ1) is 18.4. The maximum absolute atomic E-state index is 12.3. The molecule has 140 valence electrons. The summed E-state index contributed by atoms with van der Waals surface area (Å²) in [7, 11) is 0. The van der Waals surface area contributed by atoms with Gasteiger partial charge >= 0.3 is 6.03 Å².